The molecule has 5 nitrogen and oxygen atoms in total. The fraction of sp³-hybridized carbons (Fsp3) is 0.833. The van der Waals surface area contributed by atoms with Crippen LogP contribution in [0, 0.1) is 11.8 Å². The fourth-order valence-corrected chi connectivity index (χ4v) is 3.14. The summed E-state index contributed by atoms with van der Waals surface area (Å²) in [4.78, 5) is 24.8. The first-order valence-electron chi connectivity index (χ1n) is 6.18. The maximum Gasteiger partial charge on any atom is 0.242 e. The quantitative estimate of drug-likeness (QED) is 0.688. The minimum Gasteiger partial charge on any atom is -0.347 e. The summed E-state index contributed by atoms with van der Waals surface area (Å²) < 4.78 is 0. The second kappa shape index (κ2) is 4.29. The maximum atomic E-state index is 12.1. The molecule has 2 aliphatic rings. The summed E-state index contributed by atoms with van der Waals surface area (Å²) in [6.07, 6.45) is 0. The van der Waals surface area contributed by atoms with Gasteiger partial charge in [-0.1, -0.05) is 0 Å². The number of nitrogens with one attached hydrogen (secondary N) is 2. The highest BCUT2D eigenvalue weighted by Gasteiger charge is 2.50. The molecule has 2 atom stereocenters. The first kappa shape index (κ1) is 12.4. The number of carbonyl (C=O) groups excluding carboxylic acids is 2. The lowest BCUT2D eigenvalue weighted by atomic mass is 9.85. The standard InChI is InChI=1S/C12H21N3O2/c1-8(16)14-6-11(17)15-7-9-4-13-5-10(9)12(15,2)3/h9-10,13H,4-7H2,1-3H3,(H,14,16). The number of rotatable bonds is 2. The summed E-state index contributed by atoms with van der Waals surface area (Å²) in [5.74, 6) is 0.965. The minimum absolute atomic E-state index is 0.0274. The molecule has 0 saturated carbocycles. The molecule has 2 heterocycles. The summed E-state index contributed by atoms with van der Waals surface area (Å²) in [6, 6.07) is 0. The van der Waals surface area contributed by atoms with Crippen molar-refractivity contribution in [2.24, 2.45) is 11.8 Å². The van der Waals surface area contributed by atoms with Gasteiger partial charge in [-0.25, -0.2) is 0 Å². The summed E-state index contributed by atoms with van der Waals surface area (Å²) in [6.45, 7) is 8.59. The second-order valence-electron chi connectivity index (χ2n) is 5.59. The smallest absolute Gasteiger partial charge is 0.242 e. The van der Waals surface area contributed by atoms with Gasteiger partial charge in [-0.3, -0.25) is 9.59 Å². The molecule has 0 aromatic rings. The second-order valence-corrected chi connectivity index (χ2v) is 5.59. The Hall–Kier alpha value is -1.10. The predicted molar refractivity (Wildman–Crippen MR) is 64.3 cm³/mol. The Morgan fingerprint density at radius 1 is 1.41 bits per heavy atom. The molecule has 0 bridgehead atoms. The van der Waals surface area contributed by atoms with Gasteiger partial charge >= 0.3 is 0 Å². The Balaban J connectivity index is 2.02. The number of hydrogen-bond acceptors (Lipinski definition) is 3. The van der Waals surface area contributed by atoms with E-state index in [1.807, 2.05) is 4.90 Å². The molecule has 5 heteroatoms. The Kier molecular flexibility index (Phi) is 3.12. The van der Waals surface area contributed by atoms with Crippen LogP contribution in [0.1, 0.15) is 20.8 Å². The van der Waals surface area contributed by atoms with Crippen LogP contribution in [0.4, 0.5) is 0 Å². The minimum atomic E-state index is -0.155. The van der Waals surface area contributed by atoms with Crippen molar-refractivity contribution < 1.29 is 9.59 Å². The molecule has 2 fully saturated rings. The van der Waals surface area contributed by atoms with E-state index in [-0.39, 0.29) is 23.9 Å². The van der Waals surface area contributed by atoms with Crippen molar-refractivity contribution in [3.63, 3.8) is 0 Å². The monoisotopic (exact) mass is 239 g/mol. The van der Waals surface area contributed by atoms with Gasteiger partial charge in [0.1, 0.15) is 0 Å². The Morgan fingerprint density at radius 2 is 2.12 bits per heavy atom. The van der Waals surface area contributed by atoms with Gasteiger partial charge < -0.3 is 15.5 Å². The number of nitrogens with zero attached hydrogens (tertiary/aromatic N) is 1. The molecule has 0 radical (unpaired) electrons. The molecule has 2 amide bonds. The Bertz CT molecular complexity index is 341. The van der Waals surface area contributed by atoms with E-state index in [2.05, 4.69) is 24.5 Å². The molecule has 2 aliphatic heterocycles. The van der Waals surface area contributed by atoms with Crippen LogP contribution in [-0.4, -0.2) is 48.4 Å². The lowest BCUT2D eigenvalue weighted by molar-refractivity contribution is -0.135. The van der Waals surface area contributed by atoms with Crippen LogP contribution in [0.25, 0.3) is 0 Å². The molecule has 0 aromatic heterocycles. The summed E-state index contributed by atoms with van der Waals surface area (Å²) in [5, 5.41) is 5.96. The predicted octanol–water partition coefficient (Wildman–Crippen LogP) is -0.421. The molecule has 0 spiro atoms. The Labute approximate surface area is 102 Å². The van der Waals surface area contributed by atoms with E-state index < -0.39 is 0 Å². The lowest BCUT2D eigenvalue weighted by Gasteiger charge is -2.35. The van der Waals surface area contributed by atoms with Gasteiger partial charge in [0.05, 0.1) is 6.54 Å². The number of fused-ring (bicyclic) bond motifs is 1. The zero-order chi connectivity index (χ0) is 12.6. The molecular formula is C12H21N3O2. The van der Waals surface area contributed by atoms with Crippen molar-refractivity contribution in [3.8, 4) is 0 Å². The lowest BCUT2D eigenvalue weighted by Crippen LogP contribution is -2.50. The number of likely N-dealkylation sites (tertiary alicyclic amines) is 1. The van der Waals surface area contributed by atoms with Gasteiger partial charge in [-0.15, -0.1) is 0 Å². The van der Waals surface area contributed by atoms with Crippen LogP contribution >= 0.6 is 0 Å². The molecule has 0 aliphatic carbocycles. The van der Waals surface area contributed by atoms with Crippen molar-refractivity contribution in [2.45, 2.75) is 26.3 Å². The summed E-state index contributed by atoms with van der Waals surface area (Å²) in [7, 11) is 0. The molecule has 0 aromatic carbocycles. The first-order chi connectivity index (χ1) is 7.93. The molecule has 2 saturated heterocycles. The maximum absolute atomic E-state index is 12.1. The van der Waals surface area contributed by atoms with E-state index in [0.717, 1.165) is 19.6 Å². The third kappa shape index (κ3) is 2.16. The van der Waals surface area contributed by atoms with Crippen LogP contribution in [0.5, 0.6) is 0 Å². The van der Waals surface area contributed by atoms with Crippen LogP contribution in [-0.2, 0) is 9.59 Å². The normalized spacial score (nSPS) is 30.2. The van der Waals surface area contributed by atoms with Gasteiger partial charge in [0.15, 0.2) is 0 Å². The van der Waals surface area contributed by atoms with Gasteiger partial charge in [-0.05, 0) is 25.7 Å². The van der Waals surface area contributed by atoms with Gasteiger partial charge in [0.2, 0.25) is 11.8 Å². The number of carbonyl (C=O) groups is 2. The summed E-state index contributed by atoms with van der Waals surface area (Å²) in [5.41, 5.74) is -0.107. The zero-order valence-electron chi connectivity index (χ0n) is 10.7. The molecule has 96 valence electrons. The topological polar surface area (TPSA) is 61.4 Å². The molecular weight excluding hydrogens is 218 g/mol. The van der Waals surface area contributed by atoms with E-state index in [9.17, 15) is 9.59 Å². The molecule has 2 rings (SSSR count). The van der Waals surface area contributed by atoms with Crippen LogP contribution in [0.3, 0.4) is 0 Å². The average Bonchev–Trinajstić information content (AvgIpc) is 2.78. The fourth-order valence-electron chi connectivity index (χ4n) is 3.14. The van der Waals surface area contributed by atoms with E-state index in [1.165, 1.54) is 6.92 Å². The van der Waals surface area contributed by atoms with E-state index in [0.29, 0.717) is 11.8 Å². The highest BCUT2D eigenvalue weighted by atomic mass is 16.2. The van der Waals surface area contributed by atoms with Gasteiger partial charge in [0, 0.05) is 32.1 Å². The average molecular weight is 239 g/mol. The number of hydrogen-bond donors (Lipinski definition) is 2. The summed E-state index contributed by atoms with van der Waals surface area (Å²) >= 11 is 0. The Morgan fingerprint density at radius 3 is 2.71 bits per heavy atom. The van der Waals surface area contributed by atoms with E-state index >= 15 is 0 Å². The first-order valence-corrected chi connectivity index (χ1v) is 6.18. The third-order valence-electron chi connectivity index (χ3n) is 4.15. The SMILES string of the molecule is CC(=O)NCC(=O)N1CC2CNCC2C1(C)C. The zero-order valence-corrected chi connectivity index (χ0v) is 10.7. The van der Waals surface area contributed by atoms with Gasteiger partial charge in [0.25, 0.3) is 0 Å². The van der Waals surface area contributed by atoms with Crippen LogP contribution in [0.15, 0.2) is 0 Å². The highest BCUT2D eigenvalue weighted by Crippen LogP contribution is 2.40. The van der Waals surface area contributed by atoms with Crippen molar-refractivity contribution >= 4 is 11.8 Å². The molecule has 2 N–H and O–H groups in total. The number of amides is 2. The van der Waals surface area contributed by atoms with Gasteiger partial charge in [-0.2, -0.15) is 0 Å². The molecule has 2 unspecified atom stereocenters. The molecule has 17 heavy (non-hydrogen) atoms. The van der Waals surface area contributed by atoms with Crippen LogP contribution in [0.2, 0.25) is 0 Å². The van der Waals surface area contributed by atoms with Crippen LogP contribution < -0.4 is 10.6 Å². The van der Waals surface area contributed by atoms with Crippen molar-refractivity contribution in [3.05, 3.63) is 0 Å². The van der Waals surface area contributed by atoms with E-state index in [4.69, 9.17) is 0 Å². The highest BCUT2D eigenvalue weighted by molar-refractivity contribution is 5.84. The van der Waals surface area contributed by atoms with Crippen molar-refractivity contribution in [1.29, 1.82) is 0 Å². The van der Waals surface area contributed by atoms with E-state index in [1.54, 1.807) is 0 Å². The van der Waals surface area contributed by atoms with Crippen molar-refractivity contribution in [2.75, 3.05) is 26.2 Å². The van der Waals surface area contributed by atoms with Crippen molar-refractivity contribution in [1.82, 2.24) is 15.5 Å². The largest absolute Gasteiger partial charge is 0.347 e. The third-order valence-corrected chi connectivity index (χ3v) is 4.15.